The third kappa shape index (κ3) is 6.30. The summed E-state index contributed by atoms with van der Waals surface area (Å²) in [7, 11) is -1.88. The lowest BCUT2D eigenvalue weighted by molar-refractivity contribution is -0.858. The molecule has 4 nitrogen and oxygen atoms in total. The third-order valence-electron chi connectivity index (χ3n) is 4.65. The average molecular weight is 613 g/mol. The minimum absolute atomic E-state index is 0.00423. The van der Waals surface area contributed by atoms with Crippen molar-refractivity contribution in [2.45, 2.75) is 60.5 Å². The molecule has 37 heavy (non-hydrogen) atoms. The third-order valence-corrected chi connectivity index (χ3v) is 6.03. The molecule has 0 heterocycles. The van der Waals surface area contributed by atoms with Crippen LogP contribution >= 0.6 is 0 Å². The van der Waals surface area contributed by atoms with Crippen molar-refractivity contribution in [2.24, 2.45) is 0 Å². The summed E-state index contributed by atoms with van der Waals surface area (Å²) >= 11 is 0. The van der Waals surface area contributed by atoms with E-state index in [9.17, 15) is 83.1 Å². The van der Waals surface area contributed by atoms with Gasteiger partial charge in [0.1, 0.15) is 0 Å². The maximum Gasteiger partial charge on any atom is 0.460 e. The summed E-state index contributed by atoms with van der Waals surface area (Å²) in [5, 5.41) is 0. The number of nitrogens with one attached hydrogen (secondary N) is 2. The SMILES string of the molecule is C[NH+](C)CCCNS(=O)(=O)CCC(F)(F)C(F)(F)C(F)(F)C(F)(F)C(F)(F)C(F)(F)C(F)(F)C(F)(F)F. The minimum atomic E-state index is -8.72. The van der Waals surface area contributed by atoms with Gasteiger partial charge >= 0.3 is 47.6 Å². The van der Waals surface area contributed by atoms with Crippen molar-refractivity contribution in [3.8, 4) is 0 Å². The van der Waals surface area contributed by atoms with Gasteiger partial charge in [-0.05, 0) is 0 Å². The van der Waals surface area contributed by atoms with Crippen LogP contribution in [-0.4, -0.2) is 89.0 Å². The number of hydrogen-bond donors (Lipinski definition) is 2. The van der Waals surface area contributed by atoms with Crippen molar-refractivity contribution in [1.82, 2.24) is 4.72 Å². The van der Waals surface area contributed by atoms with Crippen molar-refractivity contribution in [3.63, 3.8) is 0 Å². The highest BCUT2D eigenvalue weighted by atomic mass is 32.2. The number of sulfonamides is 1. The van der Waals surface area contributed by atoms with Crippen LogP contribution in [0.3, 0.4) is 0 Å². The van der Waals surface area contributed by atoms with E-state index in [1.54, 1.807) is 14.1 Å². The lowest BCUT2D eigenvalue weighted by atomic mass is 9.88. The van der Waals surface area contributed by atoms with Crippen LogP contribution in [0.25, 0.3) is 0 Å². The highest BCUT2D eigenvalue weighted by Gasteiger charge is 2.95. The molecule has 0 aromatic heterocycles. The molecule has 0 aliphatic heterocycles. The van der Waals surface area contributed by atoms with Crippen LogP contribution in [0.4, 0.5) is 74.6 Å². The monoisotopic (exact) mass is 613 g/mol. The van der Waals surface area contributed by atoms with Crippen LogP contribution in [0.15, 0.2) is 0 Å². The first-order valence-corrected chi connectivity index (χ1v) is 11.0. The first kappa shape index (κ1) is 35.7. The molecule has 0 radical (unpaired) electrons. The second kappa shape index (κ2) is 10.3. The van der Waals surface area contributed by atoms with E-state index in [2.05, 4.69) is 0 Å². The molecule has 0 bridgehead atoms. The lowest BCUT2D eigenvalue weighted by Gasteiger charge is -2.42. The zero-order valence-corrected chi connectivity index (χ0v) is 19.0. The molecule has 0 aromatic carbocycles. The maximum absolute atomic E-state index is 13.7. The summed E-state index contributed by atoms with van der Waals surface area (Å²) < 4.78 is 248. The van der Waals surface area contributed by atoms with Gasteiger partial charge < -0.3 is 4.90 Å². The molecule has 0 aliphatic carbocycles. The molecule has 0 atom stereocenters. The molecule has 0 spiro atoms. The quantitative estimate of drug-likeness (QED) is 0.231. The smallest absolute Gasteiger partial charge is 0.340 e. The molecule has 0 amide bonds. The van der Waals surface area contributed by atoms with Gasteiger partial charge in [0.15, 0.2) is 0 Å². The Balaban J connectivity index is 6.17. The molecule has 22 heteroatoms. The fraction of sp³-hybridized carbons (Fsp3) is 1.00. The maximum atomic E-state index is 13.7. The van der Waals surface area contributed by atoms with E-state index in [-0.39, 0.29) is 13.0 Å². The van der Waals surface area contributed by atoms with Crippen LogP contribution in [0.5, 0.6) is 0 Å². The Morgan fingerprint density at radius 3 is 1.30 bits per heavy atom. The first-order valence-electron chi connectivity index (χ1n) is 9.35. The molecule has 2 N–H and O–H groups in total. The molecule has 0 aromatic rings. The van der Waals surface area contributed by atoms with Gasteiger partial charge in [-0.1, -0.05) is 0 Å². The normalized spacial score (nSPS) is 16.0. The summed E-state index contributed by atoms with van der Waals surface area (Å²) in [5.74, 6) is -59.5. The lowest BCUT2D eigenvalue weighted by Crippen LogP contribution is -3.05. The Labute approximate surface area is 197 Å². The van der Waals surface area contributed by atoms with Crippen LogP contribution in [-0.2, 0) is 10.0 Å². The predicted molar refractivity (Wildman–Crippen MR) is 89.4 cm³/mol. The average Bonchev–Trinajstić information content (AvgIpc) is 2.68. The van der Waals surface area contributed by atoms with Gasteiger partial charge in [0.25, 0.3) is 0 Å². The minimum Gasteiger partial charge on any atom is -0.340 e. The van der Waals surface area contributed by atoms with Gasteiger partial charge in [0.2, 0.25) is 10.0 Å². The molecule has 0 saturated carbocycles. The van der Waals surface area contributed by atoms with E-state index in [1.165, 1.54) is 4.72 Å². The molecule has 0 rings (SSSR count). The standard InChI is InChI=1S/C15H17F17N2O2S/c1-34(2)6-3-5-33-37(35,36)7-4-8(16,17)9(18,19)10(20,21)11(22,23)12(24,25)13(26,27)14(28,29)15(30,31)32/h33H,3-7H2,1-2H3/p+1. The van der Waals surface area contributed by atoms with Crippen molar-refractivity contribution >= 4 is 10.0 Å². The summed E-state index contributed by atoms with van der Waals surface area (Å²) in [6.45, 7) is -0.275. The van der Waals surface area contributed by atoms with Crippen LogP contribution in [0.2, 0.25) is 0 Å². The predicted octanol–water partition coefficient (Wildman–Crippen LogP) is 3.84. The highest BCUT2D eigenvalue weighted by molar-refractivity contribution is 7.89. The van der Waals surface area contributed by atoms with Crippen LogP contribution < -0.4 is 9.62 Å². The first-order chi connectivity index (χ1) is 15.9. The summed E-state index contributed by atoms with van der Waals surface area (Å²) in [6.07, 6.45) is -10.8. The molecule has 0 saturated heterocycles. The van der Waals surface area contributed by atoms with E-state index in [0.29, 0.717) is 0 Å². The van der Waals surface area contributed by atoms with Crippen LogP contribution in [0.1, 0.15) is 12.8 Å². The number of rotatable bonds is 14. The molecular formula is C15H18F17N2O2S+. The van der Waals surface area contributed by atoms with E-state index in [1.807, 2.05) is 0 Å². The van der Waals surface area contributed by atoms with Gasteiger partial charge in [0, 0.05) is 19.4 Å². The molecule has 224 valence electrons. The van der Waals surface area contributed by atoms with Crippen molar-refractivity contribution in [3.05, 3.63) is 0 Å². The fourth-order valence-corrected chi connectivity index (χ4v) is 3.48. The summed E-state index contributed by atoms with van der Waals surface area (Å²) in [4.78, 5) is 0.740. The van der Waals surface area contributed by atoms with E-state index < -0.39 is 76.4 Å². The van der Waals surface area contributed by atoms with Gasteiger partial charge in [-0.25, -0.2) is 13.1 Å². The van der Waals surface area contributed by atoms with Crippen molar-refractivity contribution in [2.75, 3.05) is 32.9 Å². The Bertz CT molecular complexity index is 884. The Hall–Kier alpha value is -1.32. The van der Waals surface area contributed by atoms with Gasteiger partial charge in [-0.15, -0.1) is 0 Å². The summed E-state index contributed by atoms with van der Waals surface area (Å²) in [5.41, 5.74) is 0. The Morgan fingerprint density at radius 2 is 0.946 bits per heavy atom. The molecule has 0 unspecified atom stereocenters. The van der Waals surface area contributed by atoms with Crippen molar-refractivity contribution < 1.29 is 88.0 Å². The zero-order chi connectivity index (χ0) is 30.3. The number of hydrogen-bond acceptors (Lipinski definition) is 2. The number of halogens is 17. The number of alkyl halides is 17. The molecule has 0 aliphatic rings. The second-order valence-corrected chi connectivity index (χ2v) is 9.85. The van der Waals surface area contributed by atoms with Crippen LogP contribution in [0, 0.1) is 0 Å². The van der Waals surface area contributed by atoms with E-state index >= 15 is 0 Å². The highest BCUT2D eigenvalue weighted by Crippen LogP contribution is 2.64. The largest absolute Gasteiger partial charge is 0.460 e. The second-order valence-electron chi connectivity index (χ2n) is 7.92. The van der Waals surface area contributed by atoms with Gasteiger partial charge in [-0.3, -0.25) is 0 Å². The number of quaternary nitrogens is 1. The fourth-order valence-electron chi connectivity index (χ4n) is 2.36. The van der Waals surface area contributed by atoms with Crippen molar-refractivity contribution in [1.29, 1.82) is 0 Å². The molecular weight excluding hydrogens is 595 g/mol. The Kier molecular flexibility index (Phi) is 9.97. The topological polar surface area (TPSA) is 50.6 Å². The van der Waals surface area contributed by atoms with Gasteiger partial charge in [0.05, 0.1) is 26.4 Å². The van der Waals surface area contributed by atoms with E-state index in [0.717, 1.165) is 4.90 Å². The molecule has 0 fully saturated rings. The zero-order valence-electron chi connectivity index (χ0n) is 18.2. The van der Waals surface area contributed by atoms with E-state index in [4.69, 9.17) is 0 Å². The summed E-state index contributed by atoms with van der Waals surface area (Å²) in [6, 6.07) is 0. The van der Waals surface area contributed by atoms with Gasteiger partial charge in [-0.2, -0.15) is 74.6 Å². The Morgan fingerprint density at radius 1 is 0.595 bits per heavy atom.